The minimum absolute atomic E-state index is 0.0841. The Hall–Kier alpha value is -3.48. The molecule has 4 aromatic rings. The number of aromatic nitrogens is 5. The van der Waals surface area contributed by atoms with E-state index >= 15 is 0 Å². The molecular weight excluding hydrogens is 352 g/mol. The predicted octanol–water partition coefficient (Wildman–Crippen LogP) is 3.47. The summed E-state index contributed by atoms with van der Waals surface area (Å²) in [6, 6.07) is 12.0. The van der Waals surface area contributed by atoms with Crippen LogP contribution in [-0.4, -0.2) is 42.4 Å². The van der Waals surface area contributed by atoms with Crippen molar-refractivity contribution in [2.45, 2.75) is 26.4 Å². The van der Waals surface area contributed by atoms with E-state index < -0.39 is 0 Å². The molecule has 3 heterocycles. The molecule has 0 unspecified atom stereocenters. The van der Waals surface area contributed by atoms with Gasteiger partial charge in [-0.2, -0.15) is 10.2 Å². The van der Waals surface area contributed by atoms with Crippen molar-refractivity contribution in [3.05, 3.63) is 72.3 Å². The van der Waals surface area contributed by atoms with E-state index in [4.69, 9.17) is 0 Å². The molecule has 0 aliphatic rings. The molecule has 0 bridgehead atoms. The summed E-state index contributed by atoms with van der Waals surface area (Å²) in [6.07, 6.45) is 7.09. The van der Waals surface area contributed by atoms with Crippen LogP contribution >= 0.6 is 0 Å². The second kappa shape index (κ2) is 7.26. The number of hydrogen-bond acceptors (Lipinski definition) is 4. The molecule has 1 aromatic carbocycles. The quantitative estimate of drug-likeness (QED) is 0.536. The highest BCUT2D eigenvalue weighted by Gasteiger charge is 2.16. The summed E-state index contributed by atoms with van der Waals surface area (Å²) in [4.78, 5) is 19.0. The van der Waals surface area contributed by atoms with Crippen LogP contribution in [0.2, 0.25) is 0 Å². The van der Waals surface area contributed by atoms with Gasteiger partial charge in [0.2, 0.25) is 0 Å². The number of nitrogens with zero attached hydrogens (tertiary/aromatic N) is 6. The van der Waals surface area contributed by atoms with Crippen LogP contribution < -0.4 is 0 Å². The highest BCUT2D eigenvalue weighted by molar-refractivity contribution is 5.96. The average Bonchev–Trinajstić information content (AvgIpc) is 3.34. The van der Waals surface area contributed by atoms with Crippen LogP contribution in [0.5, 0.6) is 0 Å². The summed E-state index contributed by atoms with van der Waals surface area (Å²) < 4.78 is 3.66. The third-order valence-corrected chi connectivity index (χ3v) is 4.59. The largest absolute Gasteiger partial charge is 0.337 e. The van der Waals surface area contributed by atoms with Crippen LogP contribution in [-0.2, 0) is 6.54 Å². The average molecular weight is 374 g/mol. The Kier molecular flexibility index (Phi) is 4.65. The Morgan fingerprint density at radius 2 is 1.89 bits per heavy atom. The van der Waals surface area contributed by atoms with E-state index in [-0.39, 0.29) is 11.9 Å². The molecule has 0 fully saturated rings. The molecule has 142 valence electrons. The SMILES string of the molecule is CC(C)n1ncc2cc(C(=O)N(C)Cc3cnn(-c4ccccc4)c3)cnc21. The first-order valence-electron chi connectivity index (χ1n) is 9.20. The maximum Gasteiger partial charge on any atom is 0.255 e. The maximum atomic E-state index is 12.8. The second-order valence-corrected chi connectivity index (χ2v) is 7.11. The van der Waals surface area contributed by atoms with E-state index in [1.54, 1.807) is 30.5 Å². The minimum Gasteiger partial charge on any atom is -0.337 e. The summed E-state index contributed by atoms with van der Waals surface area (Å²) in [6.45, 7) is 4.57. The molecular formula is C21H22N6O. The van der Waals surface area contributed by atoms with Gasteiger partial charge in [-0.1, -0.05) is 18.2 Å². The number of hydrogen-bond donors (Lipinski definition) is 0. The molecule has 0 aliphatic carbocycles. The molecule has 4 rings (SSSR count). The lowest BCUT2D eigenvalue weighted by molar-refractivity contribution is 0.0785. The summed E-state index contributed by atoms with van der Waals surface area (Å²) in [5.41, 5.74) is 3.29. The first-order chi connectivity index (χ1) is 13.5. The monoisotopic (exact) mass is 374 g/mol. The van der Waals surface area contributed by atoms with Crippen molar-refractivity contribution in [3.8, 4) is 5.69 Å². The molecule has 7 heteroatoms. The van der Waals surface area contributed by atoms with Crippen LogP contribution in [0.3, 0.4) is 0 Å². The Morgan fingerprint density at radius 1 is 1.11 bits per heavy atom. The molecule has 7 nitrogen and oxygen atoms in total. The third kappa shape index (κ3) is 3.38. The van der Waals surface area contributed by atoms with E-state index in [9.17, 15) is 4.79 Å². The number of rotatable bonds is 5. The van der Waals surface area contributed by atoms with Gasteiger partial charge in [0.05, 0.1) is 23.6 Å². The smallest absolute Gasteiger partial charge is 0.255 e. The number of pyridine rings is 1. The van der Waals surface area contributed by atoms with E-state index in [1.807, 2.05) is 52.0 Å². The van der Waals surface area contributed by atoms with Gasteiger partial charge in [-0.25, -0.2) is 14.3 Å². The highest BCUT2D eigenvalue weighted by Crippen LogP contribution is 2.18. The molecule has 28 heavy (non-hydrogen) atoms. The summed E-state index contributed by atoms with van der Waals surface area (Å²) in [5.74, 6) is -0.0841. The zero-order chi connectivity index (χ0) is 19.7. The molecule has 0 aliphatic heterocycles. The molecule has 1 amide bonds. The first-order valence-corrected chi connectivity index (χ1v) is 9.20. The maximum absolute atomic E-state index is 12.8. The zero-order valence-corrected chi connectivity index (χ0v) is 16.1. The number of para-hydroxylation sites is 1. The Morgan fingerprint density at radius 3 is 2.64 bits per heavy atom. The van der Waals surface area contributed by atoms with Crippen molar-refractivity contribution in [1.29, 1.82) is 0 Å². The van der Waals surface area contributed by atoms with Crippen LogP contribution in [0.4, 0.5) is 0 Å². The molecule has 0 spiro atoms. The van der Waals surface area contributed by atoms with Crippen LogP contribution in [0.1, 0.15) is 35.8 Å². The normalized spacial score (nSPS) is 11.3. The van der Waals surface area contributed by atoms with Gasteiger partial charge >= 0.3 is 0 Å². The van der Waals surface area contributed by atoms with Crippen molar-refractivity contribution in [3.63, 3.8) is 0 Å². The van der Waals surface area contributed by atoms with Gasteiger partial charge in [0, 0.05) is 43.0 Å². The zero-order valence-electron chi connectivity index (χ0n) is 16.1. The topological polar surface area (TPSA) is 68.8 Å². The van der Waals surface area contributed by atoms with Crippen molar-refractivity contribution in [1.82, 2.24) is 29.4 Å². The molecule has 3 aromatic heterocycles. The molecule has 0 N–H and O–H groups in total. The van der Waals surface area contributed by atoms with Gasteiger partial charge in [0.25, 0.3) is 5.91 Å². The van der Waals surface area contributed by atoms with Crippen molar-refractivity contribution < 1.29 is 4.79 Å². The summed E-state index contributed by atoms with van der Waals surface area (Å²) >= 11 is 0. The third-order valence-electron chi connectivity index (χ3n) is 4.59. The van der Waals surface area contributed by atoms with E-state index in [2.05, 4.69) is 29.0 Å². The Bertz CT molecular complexity index is 1110. The lowest BCUT2D eigenvalue weighted by atomic mass is 10.2. The number of fused-ring (bicyclic) bond motifs is 1. The molecule has 0 atom stereocenters. The lowest BCUT2D eigenvalue weighted by Gasteiger charge is -2.16. The van der Waals surface area contributed by atoms with Gasteiger partial charge in [-0.15, -0.1) is 0 Å². The van der Waals surface area contributed by atoms with Gasteiger partial charge in [0.1, 0.15) is 0 Å². The molecule has 0 saturated heterocycles. The number of benzene rings is 1. The van der Waals surface area contributed by atoms with Gasteiger partial charge in [0.15, 0.2) is 5.65 Å². The van der Waals surface area contributed by atoms with E-state index in [0.717, 1.165) is 22.3 Å². The van der Waals surface area contributed by atoms with Crippen LogP contribution in [0.15, 0.2) is 61.2 Å². The summed E-state index contributed by atoms with van der Waals surface area (Å²) in [7, 11) is 1.78. The standard InChI is InChI=1S/C21H22N6O/c1-15(2)27-20-17(12-24-27)9-18(11-22-20)21(28)25(3)13-16-10-23-26(14-16)19-7-5-4-6-8-19/h4-12,14-15H,13H2,1-3H3. The minimum atomic E-state index is -0.0841. The fourth-order valence-corrected chi connectivity index (χ4v) is 3.16. The number of amides is 1. The van der Waals surface area contributed by atoms with Crippen molar-refractivity contribution in [2.24, 2.45) is 0 Å². The fourth-order valence-electron chi connectivity index (χ4n) is 3.16. The van der Waals surface area contributed by atoms with Crippen molar-refractivity contribution in [2.75, 3.05) is 7.05 Å². The highest BCUT2D eigenvalue weighted by atomic mass is 16.2. The van der Waals surface area contributed by atoms with Crippen LogP contribution in [0.25, 0.3) is 16.7 Å². The Balaban J connectivity index is 1.51. The Labute approximate surface area is 163 Å². The van der Waals surface area contributed by atoms with Crippen LogP contribution in [0, 0.1) is 0 Å². The fraction of sp³-hybridized carbons (Fsp3) is 0.238. The number of carbonyl (C=O) groups excluding carboxylic acids is 1. The van der Waals surface area contributed by atoms with Crippen molar-refractivity contribution >= 4 is 16.9 Å². The lowest BCUT2D eigenvalue weighted by Crippen LogP contribution is -2.26. The second-order valence-electron chi connectivity index (χ2n) is 7.11. The predicted molar refractivity (Wildman–Crippen MR) is 107 cm³/mol. The van der Waals surface area contributed by atoms with Gasteiger partial charge < -0.3 is 4.90 Å². The molecule has 0 saturated carbocycles. The first kappa shape index (κ1) is 17.9. The van der Waals surface area contributed by atoms with E-state index in [1.165, 1.54) is 0 Å². The van der Waals surface area contributed by atoms with Gasteiger partial charge in [-0.3, -0.25) is 4.79 Å². The van der Waals surface area contributed by atoms with E-state index in [0.29, 0.717) is 12.1 Å². The molecule has 0 radical (unpaired) electrons. The number of carbonyl (C=O) groups is 1. The summed E-state index contributed by atoms with van der Waals surface area (Å²) in [5, 5.41) is 9.61. The van der Waals surface area contributed by atoms with Gasteiger partial charge in [-0.05, 0) is 32.0 Å².